The standard InChI is InChI=1S/C36H39N5O6S/c1-2-38-32(42)24-9-3-4-10-25(24)33(43)40-17-14-22-8-7-13-29(47-23-15-16-39(19-23)36(46)30-18-37-21-48-30)31(22)28(40)20-41-34(44)26-11-5-6-12-27(26)35(41)45/h5-8,11-13,18,21,23-25,28H,2-4,9-10,14-17,19-20H2,1H3,(H,38,42)/t23?,24-,25+,28+/m0/s1. The van der Waals surface area contributed by atoms with Crippen molar-refractivity contribution in [3.63, 3.8) is 0 Å². The summed E-state index contributed by atoms with van der Waals surface area (Å²) in [6, 6.07) is 11.9. The highest BCUT2D eigenvalue weighted by molar-refractivity contribution is 7.11. The van der Waals surface area contributed by atoms with E-state index >= 15 is 0 Å². The number of hydrogen-bond donors (Lipinski definition) is 1. The van der Waals surface area contributed by atoms with Gasteiger partial charge in [0.15, 0.2) is 0 Å². The number of thiazole rings is 1. The fourth-order valence-electron chi connectivity index (χ4n) is 7.80. The van der Waals surface area contributed by atoms with Gasteiger partial charge in [-0.15, -0.1) is 11.3 Å². The van der Waals surface area contributed by atoms with Gasteiger partial charge in [0.2, 0.25) is 11.8 Å². The SMILES string of the molecule is CCNC(=O)[C@H]1CCCC[C@H]1C(=O)N1CCc2cccc(OC3CCN(C(=O)c4cncs4)C3)c2[C@H]1CN1C(=O)c2ccccc2C1=O. The summed E-state index contributed by atoms with van der Waals surface area (Å²) in [5, 5.41) is 2.92. The molecule has 11 nitrogen and oxygen atoms in total. The van der Waals surface area contributed by atoms with Gasteiger partial charge in [-0.1, -0.05) is 37.1 Å². The van der Waals surface area contributed by atoms with Crippen LogP contribution in [0.3, 0.4) is 0 Å². The third-order valence-corrected chi connectivity index (χ3v) is 10.9. The zero-order valence-electron chi connectivity index (χ0n) is 26.9. The molecule has 4 aliphatic rings. The Hall–Kier alpha value is -4.58. The smallest absolute Gasteiger partial charge is 0.265 e. The van der Waals surface area contributed by atoms with Crippen LogP contribution in [0.1, 0.15) is 86.6 Å². The van der Waals surface area contributed by atoms with Crippen LogP contribution in [0.5, 0.6) is 5.75 Å². The van der Waals surface area contributed by atoms with Crippen molar-refractivity contribution < 1.29 is 28.7 Å². The Morgan fingerprint density at radius 3 is 2.42 bits per heavy atom. The van der Waals surface area contributed by atoms with E-state index < -0.39 is 17.9 Å². The van der Waals surface area contributed by atoms with Crippen molar-refractivity contribution in [1.82, 2.24) is 25.0 Å². The van der Waals surface area contributed by atoms with Crippen molar-refractivity contribution in [2.24, 2.45) is 11.8 Å². The first-order chi connectivity index (χ1) is 23.4. The number of rotatable bonds is 8. The van der Waals surface area contributed by atoms with E-state index in [1.54, 1.807) is 45.8 Å². The van der Waals surface area contributed by atoms with Gasteiger partial charge < -0.3 is 19.9 Å². The number of benzene rings is 2. The summed E-state index contributed by atoms with van der Waals surface area (Å²) < 4.78 is 6.65. The highest BCUT2D eigenvalue weighted by Crippen LogP contribution is 2.42. The second-order valence-corrected chi connectivity index (χ2v) is 13.8. The molecule has 3 aromatic rings. The van der Waals surface area contributed by atoms with E-state index in [1.807, 2.05) is 25.1 Å². The minimum atomic E-state index is -0.673. The van der Waals surface area contributed by atoms with Gasteiger partial charge in [0.25, 0.3) is 17.7 Å². The number of nitrogens with zero attached hydrogens (tertiary/aromatic N) is 4. The molecular weight excluding hydrogens is 630 g/mol. The molecular formula is C36H39N5O6S. The average molecular weight is 670 g/mol. The number of carbonyl (C=O) groups excluding carboxylic acids is 5. The minimum Gasteiger partial charge on any atom is -0.488 e. The Morgan fingerprint density at radius 2 is 1.71 bits per heavy atom. The molecule has 1 saturated carbocycles. The number of hydrogen-bond acceptors (Lipinski definition) is 8. The first-order valence-electron chi connectivity index (χ1n) is 16.8. The van der Waals surface area contributed by atoms with Crippen molar-refractivity contribution in [2.75, 3.05) is 32.7 Å². The number of aromatic nitrogens is 1. The molecule has 0 bridgehead atoms. The Kier molecular flexibility index (Phi) is 9.00. The summed E-state index contributed by atoms with van der Waals surface area (Å²) in [7, 11) is 0. The summed E-state index contributed by atoms with van der Waals surface area (Å²) in [5.41, 5.74) is 4.09. The number of amides is 5. The van der Waals surface area contributed by atoms with E-state index in [0.29, 0.717) is 73.6 Å². The first kappa shape index (κ1) is 32.0. The topological polar surface area (TPSA) is 129 Å². The van der Waals surface area contributed by atoms with E-state index in [1.165, 1.54) is 16.2 Å². The summed E-state index contributed by atoms with van der Waals surface area (Å²) in [4.78, 5) is 77.4. The molecule has 1 aliphatic carbocycles. The number of carbonyl (C=O) groups is 5. The largest absolute Gasteiger partial charge is 0.488 e. The second-order valence-electron chi connectivity index (χ2n) is 12.9. The number of ether oxygens (including phenoxy) is 1. The molecule has 1 saturated heterocycles. The zero-order chi connectivity index (χ0) is 33.4. The lowest BCUT2D eigenvalue weighted by Crippen LogP contribution is -2.51. The second kappa shape index (κ2) is 13.5. The van der Waals surface area contributed by atoms with Gasteiger partial charge in [-0.25, -0.2) is 0 Å². The maximum Gasteiger partial charge on any atom is 0.265 e. The predicted molar refractivity (Wildman–Crippen MR) is 178 cm³/mol. The van der Waals surface area contributed by atoms with Crippen LogP contribution in [0.25, 0.3) is 0 Å². The molecule has 1 N–H and O–H groups in total. The van der Waals surface area contributed by atoms with Crippen molar-refractivity contribution >= 4 is 40.9 Å². The predicted octanol–water partition coefficient (Wildman–Crippen LogP) is 4.10. The van der Waals surface area contributed by atoms with E-state index in [-0.39, 0.29) is 42.2 Å². The molecule has 1 unspecified atom stereocenters. The number of nitrogens with one attached hydrogen (secondary N) is 1. The Morgan fingerprint density at radius 1 is 0.958 bits per heavy atom. The minimum absolute atomic E-state index is 0.0370. The molecule has 1 aromatic heterocycles. The molecule has 5 amide bonds. The summed E-state index contributed by atoms with van der Waals surface area (Å²) in [6.07, 6.45) is 5.48. The molecule has 4 atom stereocenters. The molecule has 12 heteroatoms. The van der Waals surface area contributed by atoms with Crippen LogP contribution < -0.4 is 10.1 Å². The van der Waals surface area contributed by atoms with Crippen molar-refractivity contribution in [3.8, 4) is 5.75 Å². The number of imide groups is 1. The van der Waals surface area contributed by atoms with Crippen LogP contribution in [0, 0.1) is 11.8 Å². The van der Waals surface area contributed by atoms with Crippen molar-refractivity contribution in [1.29, 1.82) is 0 Å². The van der Waals surface area contributed by atoms with Gasteiger partial charge in [-0.05, 0) is 49.9 Å². The molecule has 4 heterocycles. The Balaban J connectivity index is 1.21. The van der Waals surface area contributed by atoms with Crippen LogP contribution in [-0.4, -0.2) is 88.0 Å². The van der Waals surface area contributed by atoms with Crippen LogP contribution in [0.15, 0.2) is 54.2 Å². The highest BCUT2D eigenvalue weighted by Gasteiger charge is 2.45. The fraction of sp³-hybridized carbons (Fsp3) is 0.444. The monoisotopic (exact) mass is 669 g/mol. The lowest BCUT2D eigenvalue weighted by atomic mass is 9.77. The van der Waals surface area contributed by atoms with Crippen LogP contribution in [-0.2, 0) is 16.0 Å². The number of fused-ring (bicyclic) bond motifs is 2. The molecule has 48 heavy (non-hydrogen) atoms. The molecule has 0 radical (unpaired) electrons. The van der Waals surface area contributed by atoms with Crippen LogP contribution in [0.2, 0.25) is 0 Å². The van der Waals surface area contributed by atoms with Gasteiger partial charge >= 0.3 is 0 Å². The first-order valence-corrected chi connectivity index (χ1v) is 17.7. The highest BCUT2D eigenvalue weighted by atomic mass is 32.1. The molecule has 2 fully saturated rings. The van der Waals surface area contributed by atoms with Gasteiger partial charge in [-0.3, -0.25) is 33.9 Å². The molecule has 3 aliphatic heterocycles. The summed E-state index contributed by atoms with van der Waals surface area (Å²) in [6.45, 7) is 3.67. The van der Waals surface area contributed by atoms with E-state index in [9.17, 15) is 24.0 Å². The lowest BCUT2D eigenvalue weighted by molar-refractivity contribution is -0.146. The van der Waals surface area contributed by atoms with Gasteiger partial charge in [0.1, 0.15) is 16.7 Å². The zero-order valence-corrected chi connectivity index (χ0v) is 27.7. The molecule has 250 valence electrons. The maximum atomic E-state index is 14.6. The third kappa shape index (κ3) is 5.86. The molecule has 2 aromatic carbocycles. The van der Waals surface area contributed by atoms with Crippen LogP contribution in [0.4, 0.5) is 0 Å². The molecule has 0 spiro atoms. The Bertz CT molecular complexity index is 1710. The van der Waals surface area contributed by atoms with Crippen LogP contribution >= 0.6 is 11.3 Å². The third-order valence-electron chi connectivity index (χ3n) is 10.1. The van der Waals surface area contributed by atoms with Crippen molar-refractivity contribution in [3.05, 3.63) is 81.3 Å². The molecule has 7 rings (SSSR count). The Labute approximate surface area is 283 Å². The van der Waals surface area contributed by atoms with E-state index in [2.05, 4.69) is 10.3 Å². The van der Waals surface area contributed by atoms with Gasteiger partial charge in [0.05, 0.1) is 42.0 Å². The summed E-state index contributed by atoms with van der Waals surface area (Å²) >= 11 is 1.31. The lowest BCUT2D eigenvalue weighted by Gasteiger charge is -2.43. The fourth-order valence-corrected chi connectivity index (χ4v) is 8.38. The average Bonchev–Trinajstić information content (AvgIpc) is 3.87. The quantitative estimate of drug-likeness (QED) is 0.358. The summed E-state index contributed by atoms with van der Waals surface area (Å²) in [5.74, 6) is -1.44. The van der Waals surface area contributed by atoms with E-state index in [4.69, 9.17) is 4.74 Å². The normalized spacial score (nSPS) is 23.6. The maximum absolute atomic E-state index is 14.6. The number of likely N-dealkylation sites (tertiary alicyclic amines) is 1. The van der Waals surface area contributed by atoms with Gasteiger partial charge in [-0.2, -0.15) is 0 Å². The van der Waals surface area contributed by atoms with E-state index in [0.717, 1.165) is 24.0 Å². The van der Waals surface area contributed by atoms with Crippen molar-refractivity contribution in [2.45, 2.75) is 57.6 Å². The van der Waals surface area contributed by atoms with Gasteiger partial charge in [0, 0.05) is 43.5 Å².